The first-order valence-corrected chi connectivity index (χ1v) is 4.63. The molecule has 0 aliphatic heterocycles. The van der Waals surface area contributed by atoms with E-state index in [2.05, 4.69) is 6.58 Å². The van der Waals surface area contributed by atoms with Crippen molar-refractivity contribution in [3.8, 4) is 0 Å². The van der Waals surface area contributed by atoms with Gasteiger partial charge in [-0.25, -0.2) is 0 Å². The van der Waals surface area contributed by atoms with Crippen molar-refractivity contribution in [2.45, 2.75) is 44.9 Å². The minimum absolute atomic E-state index is 0. The van der Waals surface area contributed by atoms with E-state index in [1.54, 1.807) is 0 Å². The van der Waals surface area contributed by atoms with E-state index in [1.807, 2.05) is 6.08 Å². The van der Waals surface area contributed by atoms with Gasteiger partial charge in [0.25, 0.3) is 0 Å². The molecule has 0 rings (SSSR count). The Bertz CT molecular complexity index is 89.0. The van der Waals surface area contributed by atoms with Crippen LogP contribution in [0, 0.1) is 0 Å². The van der Waals surface area contributed by atoms with E-state index in [1.165, 1.54) is 32.1 Å². The first-order chi connectivity index (χ1) is 5.41. The fourth-order valence-corrected chi connectivity index (χ4v) is 1.11. The Morgan fingerprint density at radius 2 is 1.50 bits per heavy atom. The van der Waals surface area contributed by atoms with Crippen molar-refractivity contribution in [1.82, 2.24) is 0 Å². The van der Waals surface area contributed by atoms with Crippen LogP contribution in [-0.2, 0) is 0 Å². The monoisotopic (exact) mass is 180 g/mol. The van der Waals surface area contributed by atoms with Crippen LogP contribution in [0.2, 0.25) is 0 Å². The number of allylic oxidation sites excluding steroid dienone is 1. The molecule has 68 valence electrons. The Kier molecular flexibility index (Phi) is 18.0. The molecule has 0 fully saturated rings. The van der Waals surface area contributed by atoms with Gasteiger partial charge in [0.15, 0.2) is 0 Å². The van der Waals surface area contributed by atoms with Gasteiger partial charge in [0.1, 0.15) is 0 Å². The van der Waals surface area contributed by atoms with Gasteiger partial charge in [-0.1, -0.05) is 31.8 Å². The Balaban J connectivity index is -0.000000500. The third kappa shape index (κ3) is 13.3. The summed E-state index contributed by atoms with van der Waals surface area (Å²) in [6.07, 6.45) is 10.5. The summed E-state index contributed by atoms with van der Waals surface area (Å²) in [5.41, 5.74) is 0. The van der Waals surface area contributed by atoms with Crippen LogP contribution in [0.5, 0.6) is 0 Å². The molecule has 0 spiro atoms. The van der Waals surface area contributed by atoms with E-state index in [-0.39, 0.29) is 31.0 Å². The van der Waals surface area contributed by atoms with Crippen molar-refractivity contribution < 1.29 is 36.1 Å². The molecule has 0 atom stereocenters. The van der Waals surface area contributed by atoms with Gasteiger partial charge in [0.2, 0.25) is 0 Å². The van der Waals surface area contributed by atoms with Crippen LogP contribution >= 0.6 is 0 Å². The average molecular weight is 180 g/mol. The molecule has 12 heavy (non-hydrogen) atoms. The van der Waals surface area contributed by atoms with Crippen LogP contribution in [-0.4, -0.2) is 11.7 Å². The first-order valence-electron chi connectivity index (χ1n) is 4.63. The van der Waals surface area contributed by atoms with E-state index in [4.69, 9.17) is 5.11 Å². The maximum atomic E-state index is 8.49. The summed E-state index contributed by atoms with van der Waals surface area (Å²) in [5.74, 6) is 0. The predicted octanol–water partition coefficient (Wildman–Crippen LogP) is 0.0119. The van der Waals surface area contributed by atoms with Gasteiger partial charge in [-0.05, 0) is 19.3 Å². The van der Waals surface area contributed by atoms with Crippen LogP contribution in [0.1, 0.15) is 46.4 Å². The molecule has 2 heteroatoms. The molecular weight excluding hydrogens is 159 g/mol. The van der Waals surface area contributed by atoms with Crippen molar-refractivity contribution in [1.29, 1.82) is 0 Å². The molecule has 0 aromatic carbocycles. The molecule has 0 unspecified atom stereocenters. The van der Waals surface area contributed by atoms with Gasteiger partial charge in [-0.3, -0.25) is 0 Å². The van der Waals surface area contributed by atoms with Gasteiger partial charge in [-0.2, -0.15) is 0 Å². The SMILES string of the molecule is C=CCCCCCCCCO.[H-].[Na+]. The largest absolute Gasteiger partial charge is 1.00 e. The summed E-state index contributed by atoms with van der Waals surface area (Å²) in [4.78, 5) is 0. The maximum Gasteiger partial charge on any atom is 1.00 e. The Hall–Kier alpha value is 0.700. The van der Waals surface area contributed by atoms with E-state index in [0.717, 1.165) is 12.8 Å². The van der Waals surface area contributed by atoms with E-state index >= 15 is 0 Å². The zero-order valence-electron chi connectivity index (χ0n) is 9.39. The van der Waals surface area contributed by atoms with Crippen molar-refractivity contribution in [3.05, 3.63) is 12.7 Å². The third-order valence-corrected chi connectivity index (χ3v) is 1.82. The van der Waals surface area contributed by atoms with Crippen LogP contribution in [0.3, 0.4) is 0 Å². The molecule has 0 saturated heterocycles. The van der Waals surface area contributed by atoms with Gasteiger partial charge in [0, 0.05) is 6.61 Å². The number of hydrogen-bond donors (Lipinski definition) is 1. The Morgan fingerprint density at radius 3 is 2.00 bits per heavy atom. The van der Waals surface area contributed by atoms with Crippen LogP contribution in [0.4, 0.5) is 0 Å². The van der Waals surface area contributed by atoms with E-state index < -0.39 is 0 Å². The van der Waals surface area contributed by atoms with Gasteiger partial charge >= 0.3 is 29.6 Å². The first kappa shape index (κ1) is 15.2. The summed E-state index contributed by atoms with van der Waals surface area (Å²) >= 11 is 0. The number of unbranched alkanes of at least 4 members (excludes halogenated alkanes) is 6. The minimum Gasteiger partial charge on any atom is -1.00 e. The fourth-order valence-electron chi connectivity index (χ4n) is 1.11. The topological polar surface area (TPSA) is 20.2 Å². The number of rotatable bonds is 8. The summed E-state index contributed by atoms with van der Waals surface area (Å²) < 4.78 is 0. The molecule has 0 radical (unpaired) electrons. The Morgan fingerprint density at radius 1 is 1.00 bits per heavy atom. The second kappa shape index (κ2) is 14.2. The quantitative estimate of drug-likeness (QED) is 0.317. The fraction of sp³-hybridized carbons (Fsp3) is 0.800. The van der Waals surface area contributed by atoms with Crippen molar-refractivity contribution in [2.75, 3.05) is 6.61 Å². The molecule has 0 aromatic heterocycles. The van der Waals surface area contributed by atoms with Gasteiger partial charge in [0.05, 0.1) is 0 Å². The minimum atomic E-state index is 0. The Labute approximate surface area is 100 Å². The molecule has 0 aliphatic carbocycles. The molecule has 0 saturated carbocycles. The molecule has 1 nitrogen and oxygen atoms in total. The molecule has 1 N–H and O–H groups in total. The zero-order chi connectivity index (χ0) is 8.36. The normalized spacial score (nSPS) is 9.08. The average Bonchev–Trinajstić information content (AvgIpc) is 2.03. The van der Waals surface area contributed by atoms with Crippen LogP contribution < -0.4 is 29.6 Å². The van der Waals surface area contributed by atoms with Crippen molar-refractivity contribution >= 4 is 0 Å². The molecule has 0 bridgehead atoms. The van der Waals surface area contributed by atoms with E-state index in [9.17, 15) is 0 Å². The molecule has 0 aromatic rings. The van der Waals surface area contributed by atoms with E-state index in [0.29, 0.717) is 6.61 Å². The second-order valence-corrected chi connectivity index (χ2v) is 2.92. The number of hydrogen-bond acceptors (Lipinski definition) is 1. The zero-order valence-corrected chi connectivity index (χ0v) is 10.4. The van der Waals surface area contributed by atoms with Crippen molar-refractivity contribution in [3.63, 3.8) is 0 Å². The van der Waals surface area contributed by atoms with Crippen LogP contribution in [0.25, 0.3) is 0 Å². The molecule has 0 aliphatic rings. The molecule has 0 heterocycles. The predicted molar refractivity (Wildman–Crippen MR) is 50.7 cm³/mol. The molecule has 0 amide bonds. The van der Waals surface area contributed by atoms with Crippen molar-refractivity contribution in [2.24, 2.45) is 0 Å². The van der Waals surface area contributed by atoms with Gasteiger partial charge < -0.3 is 6.53 Å². The molecular formula is C10H21NaO. The van der Waals surface area contributed by atoms with Crippen LogP contribution in [0.15, 0.2) is 12.7 Å². The number of aliphatic hydroxyl groups is 1. The standard InChI is InChI=1S/C10H20O.Na.H/c1-2-3-4-5-6-7-8-9-10-11;;/h2,11H,1,3-10H2;;/q;+1;-1. The smallest absolute Gasteiger partial charge is 1.00 e. The second-order valence-electron chi connectivity index (χ2n) is 2.92. The third-order valence-electron chi connectivity index (χ3n) is 1.82. The maximum absolute atomic E-state index is 8.49. The summed E-state index contributed by atoms with van der Waals surface area (Å²) in [6.45, 7) is 4.03. The summed E-state index contributed by atoms with van der Waals surface area (Å²) in [7, 11) is 0. The summed E-state index contributed by atoms with van der Waals surface area (Å²) in [5, 5.41) is 8.49. The number of aliphatic hydroxyl groups excluding tert-OH is 1. The summed E-state index contributed by atoms with van der Waals surface area (Å²) in [6, 6.07) is 0. The van der Waals surface area contributed by atoms with Gasteiger partial charge in [-0.15, -0.1) is 6.58 Å².